The zero-order valence-corrected chi connectivity index (χ0v) is 11.5. The molecule has 98 valence electrons. The Balaban J connectivity index is 1.76. The summed E-state index contributed by atoms with van der Waals surface area (Å²) in [6.45, 7) is 0. The molecule has 3 aromatic rings. The van der Waals surface area contributed by atoms with Crippen LogP contribution in [0.15, 0.2) is 66.3 Å². The minimum atomic E-state index is 0.0208. The molecule has 0 aliphatic rings. The van der Waals surface area contributed by atoms with Gasteiger partial charge in [-0.15, -0.1) is 11.3 Å². The van der Waals surface area contributed by atoms with Crippen molar-refractivity contribution in [1.29, 1.82) is 0 Å². The van der Waals surface area contributed by atoms with Gasteiger partial charge in [-0.25, -0.2) is 4.68 Å². The number of nitrogens with zero attached hydrogens (tertiary/aromatic N) is 2. The van der Waals surface area contributed by atoms with E-state index in [1.54, 1.807) is 23.0 Å². The van der Waals surface area contributed by atoms with Crippen LogP contribution >= 0.6 is 11.3 Å². The number of hydrogen-bond donors (Lipinski definition) is 0. The van der Waals surface area contributed by atoms with Crippen LogP contribution in [0.25, 0.3) is 11.8 Å². The van der Waals surface area contributed by atoms with E-state index in [1.165, 1.54) is 11.3 Å². The lowest BCUT2D eigenvalue weighted by Crippen LogP contribution is -1.92. The SMILES string of the molecule is O=C(C=Cc1cnn(-c2ccccc2)c1)c1cccs1. The quantitative estimate of drug-likeness (QED) is 0.538. The summed E-state index contributed by atoms with van der Waals surface area (Å²) in [5.41, 5.74) is 1.90. The average Bonchev–Trinajstić information content (AvgIpc) is 3.17. The molecule has 2 aromatic heterocycles. The van der Waals surface area contributed by atoms with Crippen molar-refractivity contribution in [2.75, 3.05) is 0 Å². The number of rotatable bonds is 4. The summed E-state index contributed by atoms with van der Waals surface area (Å²) in [7, 11) is 0. The van der Waals surface area contributed by atoms with Crippen molar-refractivity contribution in [3.63, 3.8) is 0 Å². The number of benzene rings is 1. The van der Waals surface area contributed by atoms with Gasteiger partial charge in [-0.2, -0.15) is 5.10 Å². The van der Waals surface area contributed by atoms with Crippen LogP contribution in [0.3, 0.4) is 0 Å². The first-order chi connectivity index (χ1) is 9.83. The molecule has 20 heavy (non-hydrogen) atoms. The molecule has 0 spiro atoms. The Bertz CT molecular complexity index is 727. The third-order valence-corrected chi connectivity index (χ3v) is 3.70. The van der Waals surface area contributed by atoms with Crippen LogP contribution in [0.4, 0.5) is 0 Å². The lowest BCUT2D eigenvalue weighted by molar-refractivity contribution is 0.105. The van der Waals surface area contributed by atoms with Crippen LogP contribution in [-0.4, -0.2) is 15.6 Å². The van der Waals surface area contributed by atoms with Gasteiger partial charge in [0.15, 0.2) is 5.78 Å². The van der Waals surface area contributed by atoms with Crippen molar-refractivity contribution in [2.24, 2.45) is 0 Å². The highest BCUT2D eigenvalue weighted by molar-refractivity contribution is 7.12. The van der Waals surface area contributed by atoms with Crippen LogP contribution in [0.1, 0.15) is 15.2 Å². The van der Waals surface area contributed by atoms with Gasteiger partial charge >= 0.3 is 0 Å². The largest absolute Gasteiger partial charge is 0.288 e. The summed E-state index contributed by atoms with van der Waals surface area (Å²) < 4.78 is 1.79. The molecule has 0 N–H and O–H groups in total. The number of carbonyl (C=O) groups excluding carboxylic acids is 1. The third-order valence-electron chi connectivity index (χ3n) is 2.81. The van der Waals surface area contributed by atoms with E-state index in [2.05, 4.69) is 5.10 Å². The summed E-state index contributed by atoms with van der Waals surface area (Å²) in [5.74, 6) is 0.0208. The molecule has 2 heterocycles. The minimum absolute atomic E-state index is 0.0208. The second kappa shape index (κ2) is 5.67. The summed E-state index contributed by atoms with van der Waals surface area (Å²) in [6.07, 6.45) is 7.01. The number of aromatic nitrogens is 2. The first kappa shape index (κ1) is 12.6. The Morgan fingerprint density at radius 3 is 2.75 bits per heavy atom. The Kier molecular flexibility index (Phi) is 3.56. The van der Waals surface area contributed by atoms with Gasteiger partial charge in [-0.1, -0.05) is 24.3 Å². The van der Waals surface area contributed by atoms with E-state index in [0.29, 0.717) is 0 Å². The summed E-state index contributed by atoms with van der Waals surface area (Å²) >= 11 is 1.45. The maximum Gasteiger partial charge on any atom is 0.195 e. The first-order valence-electron chi connectivity index (χ1n) is 6.19. The van der Waals surface area contributed by atoms with Crippen molar-refractivity contribution in [2.45, 2.75) is 0 Å². The Labute approximate surface area is 120 Å². The summed E-state index contributed by atoms with van der Waals surface area (Å²) in [6, 6.07) is 13.6. The fourth-order valence-corrected chi connectivity index (χ4v) is 2.46. The van der Waals surface area contributed by atoms with E-state index < -0.39 is 0 Å². The van der Waals surface area contributed by atoms with Gasteiger partial charge in [0.2, 0.25) is 0 Å². The molecule has 0 unspecified atom stereocenters. The van der Waals surface area contributed by atoms with Crippen LogP contribution in [-0.2, 0) is 0 Å². The van der Waals surface area contributed by atoms with Crippen molar-refractivity contribution < 1.29 is 4.79 Å². The van der Waals surface area contributed by atoms with Crippen LogP contribution in [0.2, 0.25) is 0 Å². The average molecular weight is 280 g/mol. The molecule has 4 heteroatoms. The van der Waals surface area contributed by atoms with E-state index in [-0.39, 0.29) is 5.78 Å². The molecule has 0 fully saturated rings. The van der Waals surface area contributed by atoms with Crippen molar-refractivity contribution in [1.82, 2.24) is 9.78 Å². The Morgan fingerprint density at radius 1 is 1.15 bits per heavy atom. The molecule has 0 aliphatic heterocycles. The Morgan fingerprint density at radius 2 is 2.00 bits per heavy atom. The molecular formula is C16H12N2OS. The highest BCUT2D eigenvalue weighted by atomic mass is 32.1. The van der Waals surface area contributed by atoms with Crippen molar-refractivity contribution in [3.05, 3.63) is 76.8 Å². The van der Waals surface area contributed by atoms with Gasteiger partial charge in [-0.3, -0.25) is 4.79 Å². The highest BCUT2D eigenvalue weighted by Gasteiger charge is 2.02. The second-order valence-electron chi connectivity index (χ2n) is 4.23. The van der Waals surface area contributed by atoms with Gasteiger partial charge in [-0.05, 0) is 35.7 Å². The molecule has 3 nitrogen and oxygen atoms in total. The van der Waals surface area contributed by atoms with Crippen LogP contribution in [0.5, 0.6) is 0 Å². The van der Waals surface area contributed by atoms with Gasteiger partial charge in [0.25, 0.3) is 0 Å². The topological polar surface area (TPSA) is 34.9 Å². The van der Waals surface area contributed by atoms with Gasteiger partial charge in [0, 0.05) is 11.8 Å². The highest BCUT2D eigenvalue weighted by Crippen LogP contribution is 2.12. The standard InChI is InChI=1S/C16H12N2OS/c19-15(16-7-4-10-20-16)9-8-13-11-17-18(12-13)14-5-2-1-3-6-14/h1-12H. The number of carbonyl (C=O) groups is 1. The lowest BCUT2D eigenvalue weighted by atomic mass is 10.2. The van der Waals surface area contributed by atoms with Crippen LogP contribution < -0.4 is 0 Å². The summed E-state index contributed by atoms with van der Waals surface area (Å²) in [4.78, 5) is 12.6. The van der Waals surface area contributed by atoms with E-state index in [4.69, 9.17) is 0 Å². The number of thiophene rings is 1. The third kappa shape index (κ3) is 2.75. The number of hydrogen-bond acceptors (Lipinski definition) is 3. The molecule has 1 aromatic carbocycles. The molecule has 0 saturated heterocycles. The zero-order valence-electron chi connectivity index (χ0n) is 10.6. The normalized spacial score (nSPS) is 11.0. The van der Waals surface area contributed by atoms with Crippen LogP contribution in [0, 0.1) is 0 Å². The predicted molar refractivity (Wildman–Crippen MR) is 81.2 cm³/mol. The lowest BCUT2D eigenvalue weighted by Gasteiger charge is -1.98. The maximum atomic E-state index is 11.9. The number of para-hydroxylation sites is 1. The Hall–Kier alpha value is -2.46. The van der Waals surface area contributed by atoms with E-state index in [9.17, 15) is 4.79 Å². The molecule has 0 saturated carbocycles. The van der Waals surface area contributed by atoms with E-state index in [0.717, 1.165) is 16.1 Å². The smallest absolute Gasteiger partial charge is 0.195 e. The van der Waals surface area contributed by atoms with Gasteiger partial charge in [0.05, 0.1) is 16.8 Å². The van der Waals surface area contributed by atoms with Crippen molar-refractivity contribution in [3.8, 4) is 5.69 Å². The van der Waals surface area contributed by atoms with E-state index in [1.807, 2.05) is 54.0 Å². The van der Waals surface area contributed by atoms with Crippen molar-refractivity contribution >= 4 is 23.2 Å². The molecule has 0 aliphatic carbocycles. The molecule has 0 radical (unpaired) electrons. The monoisotopic (exact) mass is 280 g/mol. The molecule has 0 bridgehead atoms. The number of allylic oxidation sites excluding steroid dienone is 1. The molecule has 0 amide bonds. The van der Waals surface area contributed by atoms with Gasteiger partial charge in [0.1, 0.15) is 0 Å². The van der Waals surface area contributed by atoms with E-state index >= 15 is 0 Å². The fraction of sp³-hybridized carbons (Fsp3) is 0. The predicted octanol–water partition coefficient (Wildman–Crippen LogP) is 3.83. The fourth-order valence-electron chi connectivity index (χ4n) is 1.82. The molecular weight excluding hydrogens is 268 g/mol. The minimum Gasteiger partial charge on any atom is -0.288 e. The zero-order chi connectivity index (χ0) is 13.8. The van der Waals surface area contributed by atoms with Gasteiger partial charge < -0.3 is 0 Å². The molecule has 0 atom stereocenters. The summed E-state index contributed by atoms with van der Waals surface area (Å²) in [5, 5.41) is 6.18. The second-order valence-corrected chi connectivity index (χ2v) is 5.18. The maximum absolute atomic E-state index is 11.9. The molecule has 3 rings (SSSR count). The number of ketones is 1. The first-order valence-corrected chi connectivity index (χ1v) is 7.07.